The van der Waals surface area contributed by atoms with Crippen LogP contribution in [0.3, 0.4) is 0 Å². The molecule has 3 rings (SSSR count). The molecule has 1 heterocycles. The Morgan fingerprint density at radius 3 is 2.39 bits per heavy atom. The van der Waals surface area contributed by atoms with Crippen LogP contribution in [0.2, 0.25) is 5.02 Å². The standard InChI is InChI=1S/C18H16ClNO3/c1-20-15-9-5-3-7-12(15)17(11-6-2-4-8-14(11)19)13(18(20)23)10-16(21)22/h2-9,13,17H,10H2,1H3,(H,21,22). The Bertz CT molecular complexity index is 774. The Hall–Kier alpha value is -2.33. The molecule has 0 fully saturated rings. The lowest BCUT2D eigenvalue weighted by atomic mass is 9.75. The zero-order valence-corrected chi connectivity index (χ0v) is 13.3. The number of rotatable bonds is 3. The van der Waals surface area contributed by atoms with E-state index in [1.807, 2.05) is 42.5 Å². The number of halogens is 1. The van der Waals surface area contributed by atoms with Crippen LogP contribution in [-0.2, 0) is 9.59 Å². The van der Waals surface area contributed by atoms with E-state index in [-0.39, 0.29) is 18.2 Å². The van der Waals surface area contributed by atoms with Gasteiger partial charge in [-0.3, -0.25) is 9.59 Å². The third-order valence-corrected chi connectivity index (χ3v) is 4.66. The van der Waals surface area contributed by atoms with Crippen molar-refractivity contribution in [1.82, 2.24) is 0 Å². The Kier molecular flexibility index (Phi) is 4.09. The lowest BCUT2D eigenvalue weighted by Gasteiger charge is -2.37. The van der Waals surface area contributed by atoms with Crippen molar-refractivity contribution in [1.29, 1.82) is 0 Å². The van der Waals surface area contributed by atoms with Gasteiger partial charge in [0.25, 0.3) is 0 Å². The second-order valence-electron chi connectivity index (χ2n) is 5.66. The van der Waals surface area contributed by atoms with Crippen molar-refractivity contribution in [2.75, 3.05) is 11.9 Å². The number of anilines is 1. The number of hydrogen-bond donors (Lipinski definition) is 1. The molecule has 5 heteroatoms. The molecule has 2 aromatic carbocycles. The molecule has 1 aliphatic rings. The van der Waals surface area contributed by atoms with Crippen molar-refractivity contribution >= 4 is 29.2 Å². The van der Waals surface area contributed by atoms with Gasteiger partial charge in [-0.25, -0.2) is 0 Å². The molecule has 0 saturated heterocycles. The first-order valence-electron chi connectivity index (χ1n) is 7.33. The molecule has 0 aliphatic carbocycles. The first-order valence-corrected chi connectivity index (χ1v) is 7.71. The third kappa shape index (κ3) is 2.70. The number of hydrogen-bond acceptors (Lipinski definition) is 2. The average Bonchev–Trinajstić information content (AvgIpc) is 2.53. The second kappa shape index (κ2) is 6.05. The number of fused-ring (bicyclic) bond motifs is 1. The van der Waals surface area contributed by atoms with Crippen LogP contribution in [0.1, 0.15) is 23.5 Å². The number of carbonyl (C=O) groups is 2. The highest BCUT2D eigenvalue weighted by Gasteiger charge is 2.41. The van der Waals surface area contributed by atoms with Gasteiger partial charge in [0.2, 0.25) is 5.91 Å². The Morgan fingerprint density at radius 1 is 1.13 bits per heavy atom. The van der Waals surface area contributed by atoms with E-state index in [4.69, 9.17) is 11.6 Å². The molecule has 1 aliphatic heterocycles. The molecule has 2 aromatic rings. The number of amides is 1. The van der Waals surface area contributed by atoms with Gasteiger partial charge in [0.05, 0.1) is 12.3 Å². The Balaban J connectivity index is 2.22. The molecule has 4 nitrogen and oxygen atoms in total. The number of aliphatic carboxylic acids is 1. The van der Waals surface area contributed by atoms with E-state index in [1.165, 1.54) is 4.90 Å². The van der Waals surface area contributed by atoms with Crippen LogP contribution in [0.25, 0.3) is 0 Å². The predicted octanol–water partition coefficient (Wildman–Crippen LogP) is 3.54. The van der Waals surface area contributed by atoms with Crippen LogP contribution in [0.4, 0.5) is 5.69 Å². The second-order valence-corrected chi connectivity index (χ2v) is 6.07. The summed E-state index contributed by atoms with van der Waals surface area (Å²) in [5.41, 5.74) is 2.51. The van der Waals surface area contributed by atoms with Crippen molar-refractivity contribution in [3.8, 4) is 0 Å². The largest absolute Gasteiger partial charge is 0.481 e. The quantitative estimate of drug-likeness (QED) is 0.937. The fraction of sp³-hybridized carbons (Fsp3) is 0.222. The summed E-state index contributed by atoms with van der Waals surface area (Å²) in [6.45, 7) is 0. The van der Waals surface area contributed by atoms with E-state index in [9.17, 15) is 14.7 Å². The van der Waals surface area contributed by atoms with Crippen LogP contribution < -0.4 is 4.90 Å². The van der Waals surface area contributed by atoms with Gasteiger partial charge in [0.1, 0.15) is 0 Å². The zero-order chi connectivity index (χ0) is 16.6. The van der Waals surface area contributed by atoms with Gasteiger partial charge in [-0.05, 0) is 23.3 Å². The molecule has 0 saturated carbocycles. The average molecular weight is 330 g/mol. The fourth-order valence-electron chi connectivity index (χ4n) is 3.29. The molecule has 2 unspecified atom stereocenters. The molecular weight excluding hydrogens is 314 g/mol. The minimum Gasteiger partial charge on any atom is -0.481 e. The molecule has 118 valence electrons. The van der Waals surface area contributed by atoms with E-state index in [1.54, 1.807) is 13.1 Å². The maximum Gasteiger partial charge on any atom is 0.304 e. The van der Waals surface area contributed by atoms with Gasteiger partial charge in [-0.1, -0.05) is 48.0 Å². The first kappa shape index (κ1) is 15.6. The predicted molar refractivity (Wildman–Crippen MR) is 88.9 cm³/mol. The number of benzene rings is 2. The number of para-hydroxylation sites is 1. The van der Waals surface area contributed by atoms with Crippen molar-refractivity contribution in [2.45, 2.75) is 12.3 Å². The lowest BCUT2D eigenvalue weighted by molar-refractivity contribution is -0.141. The smallest absolute Gasteiger partial charge is 0.304 e. The van der Waals surface area contributed by atoms with E-state index in [0.29, 0.717) is 5.02 Å². The van der Waals surface area contributed by atoms with Gasteiger partial charge >= 0.3 is 5.97 Å². The summed E-state index contributed by atoms with van der Waals surface area (Å²) >= 11 is 6.34. The molecule has 23 heavy (non-hydrogen) atoms. The Morgan fingerprint density at radius 2 is 1.74 bits per heavy atom. The van der Waals surface area contributed by atoms with Crippen LogP contribution in [0, 0.1) is 5.92 Å². The maximum atomic E-state index is 12.7. The monoisotopic (exact) mass is 329 g/mol. The number of carboxylic acid groups (broad SMARTS) is 1. The van der Waals surface area contributed by atoms with E-state index < -0.39 is 11.9 Å². The Labute approximate surface area is 139 Å². The number of carbonyl (C=O) groups excluding carboxylic acids is 1. The van der Waals surface area contributed by atoms with Gasteiger partial charge in [-0.2, -0.15) is 0 Å². The lowest BCUT2D eigenvalue weighted by Crippen LogP contribution is -2.42. The first-order chi connectivity index (χ1) is 11.0. The van der Waals surface area contributed by atoms with Gasteiger partial charge in [-0.15, -0.1) is 0 Å². The van der Waals surface area contributed by atoms with Crippen LogP contribution in [0.5, 0.6) is 0 Å². The molecule has 0 spiro atoms. The highest BCUT2D eigenvalue weighted by atomic mass is 35.5. The van der Waals surface area contributed by atoms with E-state index in [2.05, 4.69) is 0 Å². The molecule has 0 bridgehead atoms. The normalized spacial score (nSPS) is 20.3. The zero-order valence-electron chi connectivity index (χ0n) is 12.6. The summed E-state index contributed by atoms with van der Waals surface area (Å²) < 4.78 is 0. The topological polar surface area (TPSA) is 57.6 Å². The minimum absolute atomic E-state index is 0.198. The summed E-state index contributed by atoms with van der Waals surface area (Å²) in [7, 11) is 1.68. The molecule has 2 atom stereocenters. The molecule has 0 radical (unpaired) electrons. The summed E-state index contributed by atoms with van der Waals surface area (Å²) in [4.78, 5) is 25.6. The van der Waals surface area contributed by atoms with Gasteiger partial charge in [0.15, 0.2) is 0 Å². The number of nitrogens with zero attached hydrogens (tertiary/aromatic N) is 1. The summed E-state index contributed by atoms with van der Waals surface area (Å²) in [6, 6.07) is 14.9. The third-order valence-electron chi connectivity index (χ3n) is 4.32. The van der Waals surface area contributed by atoms with E-state index in [0.717, 1.165) is 16.8 Å². The number of carboxylic acids is 1. The van der Waals surface area contributed by atoms with Gasteiger partial charge < -0.3 is 10.0 Å². The highest BCUT2D eigenvalue weighted by molar-refractivity contribution is 6.31. The van der Waals surface area contributed by atoms with Crippen LogP contribution >= 0.6 is 11.6 Å². The molecule has 1 amide bonds. The van der Waals surface area contributed by atoms with Crippen molar-refractivity contribution < 1.29 is 14.7 Å². The summed E-state index contributed by atoms with van der Waals surface area (Å²) in [5.74, 6) is -2.23. The van der Waals surface area contributed by atoms with Crippen molar-refractivity contribution in [3.05, 3.63) is 64.7 Å². The van der Waals surface area contributed by atoms with Gasteiger partial charge in [0, 0.05) is 23.7 Å². The molecule has 0 aromatic heterocycles. The van der Waals surface area contributed by atoms with Crippen molar-refractivity contribution in [3.63, 3.8) is 0 Å². The summed E-state index contributed by atoms with van der Waals surface area (Å²) in [6.07, 6.45) is -0.229. The molecular formula is C18H16ClNO3. The van der Waals surface area contributed by atoms with Crippen LogP contribution in [0.15, 0.2) is 48.5 Å². The SMILES string of the molecule is CN1C(=O)C(CC(=O)O)C(c2ccccc2Cl)c2ccccc21. The van der Waals surface area contributed by atoms with Crippen molar-refractivity contribution in [2.24, 2.45) is 5.92 Å². The highest BCUT2D eigenvalue weighted by Crippen LogP contribution is 2.45. The maximum absolute atomic E-state index is 12.7. The van der Waals surface area contributed by atoms with E-state index >= 15 is 0 Å². The minimum atomic E-state index is -0.992. The van der Waals surface area contributed by atoms with Crippen LogP contribution in [-0.4, -0.2) is 24.0 Å². The molecule has 1 N–H and O–H groups in total. The fourth-order valence-corrected chi connectivity index (χ4v) is 3.54. The summed E-state index contributed by atoms with van der Waals surface area (Å²) in [5, 5.41) is 9.79.